The van der Waals surface area contributed by atoms with Gasteiger partial charge < -0.3 is 25.6 Å². The van der Waals surface area contributed by atoms with Crippen molar-refractivity contribution in [1.29, 1.82) is 0 Å². The first-order valence-electron chi connectivity index (χ1n) is 11.1. The molecule has 8 nitrogen and oxygen atoms in total. The number of fused-ring (bicyclic) bond motifs is 2. The average Bonchev–Trinajstić information content (AvgIpc) is 2.92. The van der Waals surface area contributed by atoms with Crippen molar-refractivity contribution in [3.05, 3.63) is 57.6 Å². The lowest BCUT2D eigenvalue weighted by Crippen LogP contribution is -2.31. The molecule has 0 saturated carbocycles. The smallest absolute Gasteiger partial charge is 0.303 e. The molecule has 0 atom stereocenters. The number of carboxylic acids is 2. The van der Waals surface area contributed by atoms with Crippen LogP contribution in [0, 0.1) is 0 Å². The molecule has 0 aromatic heterocycles. The van der Waals surface area contributed by atoms with Crippen molar-refractivity contribution in [2.24, 2.45) is 0 Å². The summed E-state index contributed by atoms with van der Waals surface area (Å²) >= 11 is 6.48. The summed E-state index contributed by atoms with van der Waals surface area (Å²) in [7, 11) is 0. The number of carboxylic acid groups (broad SMARTS) is 2. The van der Waals surface area contributed by atoms with Crippen LogP contribution in [0.25, 0.3) is 0 Å². The maximum Gasteiger partial charge on any atom is 0.303 e. The van der Waals surface area contributed by atoms with Crippen LogP contribution in [0.1, 0.15) is 53.7 Å². The first kappa shape index (κ1) is 25.5. The van der Waals surface area contributed by atoms with E-state index in [-0.39, 0.29) is 18.6 Å². The third kappa shape index (κ3) is 6.27. The third-order valence-corrected chi connectivity index (χ3v) is 6.02. The van der Waals surface area contributed by atoms with Crippen LogP contribution in [0.15, 0.2) is 30.3 Å². The average molecular weight is 489 g/mol. The molecular formula is C25H29ClN2O6. The Labute approximate surface area is 203 Å². The molecule has 0 bridgehead atoms. The van der Waals surface area contributed by atoms with Crippen molar-refractivity contribution in [2.45, 2.75) is 51.7 Å². The minimum absolute atomic E-state index is 0.0379. The molecule has 0 saturated heterocycles. The van der Waals surface area contributed by atoms with Gasteiger partial charge in [0.25, 0.3) is 0 Å². The van der Waals surface area contributed by atoms with Crippen molar-refractivity contribution >= 4 is 35.0 Å². The number of benzene rings is 2. The van der Waals surface area contributed by atoms with Crippen molar-refractivity contribution in [3.8, 4) is 5.75 Å². The standard InChI is InChI=1S/C21H23ClN2O2.C4H6O4/c1-21(2)20(25)16-5-3-13(11-18(16)26-21)12-24-19-15-8-10-23-9-7-14(15)4-6-17(19)22;5-3(6)1-2-4(7)8/h3-6,11,23-24H,7-10,12H2,1-2H3;1-2H2,(H,5,6)(H,7,8). The van der Waals surface area contributed by atoms with Crippen LogP contribution < -0.4 is 15.4 Å². The molecule has 0 fully saturated rings. The second-order valence-electron chi connectivity index (χ2n) is 8.72. The number of rotatable bonds is 6. The summed E-state index contributed by atoms with van der Waals surface area (Å²) in [6.45, 7) is 6.21. The SMILES string of the molecule is CC1(C)Oc2cc(CNc3c(Cl)ccc4c3CCNCC4)ccc2C1=O.O=C(O)CCC(=O)O. The quantitative estimate of drug-likeness (QED) is 0.482. The summed E-state index contributed by atoms with van der Waals surface area (Å²) in [4.78, 5) is 31.6. The number of hydrogen-bond donors (Lipinski definition) is 4. The lowest BCUT2D eigenvalue weighted by Gasteiger charge is -2.17. The number of aliphatic carboxylic acids is 2. The number of carbonyl (C=O) groups is 3. The van der Waals surface area contributed by atoms with Gasteiger partial charge in [-0.2, -0.15) is 0 Å². The predicted octanol–water partition coefficient (Wildman–Crippen LogP) is 3.93. The van der Waals surface area contributed by atoms with Gasteiger partial charge in [0.05, 0.1) is 29.1 Å². The molecule has 182 valence electrons. The van der Waals surface area contributed by atoms with E-state index in [1.807, 2.05) is 24.3 Å². The summed E-state index contributed by atoms with van der Waals surface area (Å²) in [5.74, 6) is -1.45. The maximum absolute atomic E-state index is 12.3. The molecule has 2 aromatic carbocycles. The van der Waals surface area contributed by atoms with E-state index in [0.29, 0.717) is 17.9 Å². The molecule has 0 amide bonds. The second kappa shape index (κ2) is 10.9. The minimum Gasteiger partial charge on any atom is -0.481 e. The summed E-state index contributed by atoms with van der Waals surface area (Å²) < 4.78 is 5.82. The Balaban J connectivity index is 0.000000350. The van der Waals surface area contributed by atoms with Gasteiger partial charge in [-0.1, -0.05) is 23.7 Å². The van der Waals surface area contributed by atoms with Crippen molar-refractivity contribution in [3.63, 3.8) is 0 Å². The molecule has 0 aliphatic carbocycles. The molecule has 34 heavy (non-hydrogen) atoms. The van der Waals surface area contributed by atoms with Crippen molar-refractivity contribution in [2.75, 3.05) is 18.4 Å². The van der Waals surface area contributed by atoms with Crippen LogP contribution in [-0.4, -0.2) is 46.6 Å². The summed E-state index contributed by atoms with van der Waals surface area (Å²) in [6.07, 6.45) is 1.39. The van der Waals surface area contributed by atoms with Crippen LogP contribution in [0.4, 0.5) is 5.69 Å². The third-order valence-electron chi connectivity index (χ3n) is 5.71. The Bertz CT molecular complexity index is 1090. The number of carbonyl (C=O) groups excluding carboxylic acids is 1. The van der Waals surface area contributed by atoms with Gasteiger partial charge in [-0.3, -0.25) is 14.4 Å². The van der Waals surface area contributed by atoms with Gasteiger partial charge in [0, 0.05) is 6.54 Å². The van der Waals surface area contributed by atoms with E-state index in [2.05, 4.69) is 16.7 Å². The molecule has 2 aliphatic heterocycles. The molecule has 0 unspecified atom stereocenters. The highest BCUT2D eigenvalue weighted by Crippen LogP contribution is 2.36. The Hall–Kier alpha value is -3.10. The van der Waals surface area contributed by atoms with E-state index < -0.39 is 17.5 Å². The van der Waals surface area contributed by atoms with E-state index in [1.165, 1.54) is 11.1 Å². The van der Waals surface area contributed by atoms with E-state index in [1.54, 1.807) is 13.8 Å². The highest BCUT2D eigenvalue weighted by molar-refractivity contribution is 6.33. The number of ketones is 1. The number of nitrogens with one attached hydrogen (secondary N) is 2. The molecule has 2 aliphatic rings. The summed E-state index contributed by atoms with van der Waals surface area (Å²) in [5.41, 5.74) is 4.63. The van der Waals surface area contributed by atoms with Gasteiger partial charge in [0.15, 0.2) is 5.60 Å². The monoisotopic (exact) mass is 488 g/mol. The van der Waals surface area contributed by atoms with Crippen LogP contribution in [0.3, 0.4) is 0 Å². The van der Waals surface area contributed by atoms with E-state index in [0.717, 1.165) is 42.2 Å². The topological polar surface area (TPSA) is 125 Å². The predicted molar refractivity (Wildman–Crippen MR) is 129 cm³/mol. The minimum atomic E-state index is -1.08. The zero-order valence-corrected chi connectivity index (χ0v) is 20.0. The van der Waals surface area contributed by atoms with Gasteiger partial charge in [0.2, 0.25) is 5.78 Å². The first-order chi connectivity index (χ1) is 16.1. The van der Waals surface area contributed by atoms with Gasteiger partial charge in [-0.25, -0.2) is 0 Å². The highest BCUT2D eigenvalue weighted by atomic mass is 35.5. The largest absolute Gasteiger partial charge is 0.481 e. The summed E-state index contributed by atoms with van der Waals surface area (Å²) in [6, 6.07) is 9.89. The molecule has 2 aromatic rings. The maximum atomic E-state index is 12.3. The number of halogens is 1. The van der Waals surface area contributed by atoms with Gasteiger partial charge in [-0.15, -0.1) is 0 Å². The number of anilines is 1. The first-order valence-corrected chi connectivity index (χ1v) is 11.5. The zero-order chi connectivity index (χ0) is 24.9. The molecule has 0 radical (unpaired) electrons. The van der Waals surface area contributed by atoms with Crippen LogP contribution in [0.5, 0.6) is 5.75 Å². The van der Waals surface area contributed by atoms with Crippen molar-refractivity contribution < 1.29 is 29.3 Å². The van der Waals surface area contributed by atoms with E-state index >= 15 is 0 Å². The molecule has 4 rings (SSSR count). The van der Waals surface area contributed by atoms with E-state index in [4.69, 9.17) is 26.6 Å². The molecule has 9 heteroatoms. The Kier molecular flexibility index (Phi) is 8.17. The highest BCUT2D eigenvalue weighted by Gasteiger charge is 2.39. The number of Topliss-reactive ketones (excluding diaryl/α,β-unsaturated/α-hetero) is 1. The van der Waals surface area contributed by atoms with Crippen LogP contribution in [-0.2, 0) is 29.0 Å². The molecule has 4 N–H and O–H groups in total. The van der Waals surface area contributed by atoms with Crippen molar-refractivity contribution in [1.82, 2.24) is 5.32 Å². The number of hydrogen-bond acceptors (Lipinski definition) is 6. The molecule has 2 heterocycles. The second-order valence-corrected chi connectivity index (χ2v) is 9.13. The zero-order valence-electron chi connectivity index (χ0n) is 19.2. The fourth-order valence-corrected chi connectivity index (χ4v) is 4.18. The normalized spacial score (nSPS) is 15.7. The van der Waals surface area contributed by atoms with Crippen LogP contribution in [0.2, 0.25) is 5.02 Å². The Morgan fingerprint density at radius 1 is 1.09 bits per heavy atom. The lowest BCUT2D eigenvalue weighted by atomic mass is 9.99. The number of ether oxygens (including phenoxy) is 1. The van der Waals surface area contributed by atoms with Crippen LogP contribution >= 0.6 is 11.6 Å². The van der Waals surface area contributed by atoms with Gasteiger partial charge in [0.1, 0.15) is 5.75 Å². The molecule has 0 spiro atoms. The fraction of sp³-hybridized carbons (Fsp3) is 0.400. The fourth-order valence-electron chi connectivity index (χ4n) is 3.93. The molecular weight excluding hydrogens is 460 g/mol. The summed E-state index contributed by atoms with van der Waals surface area (Å²) in [5, 5.41) is 23.5. The van der Waals surface area contributed by atoms with Gasteiger partial charge >= 0.3 is 11.9 Å². The Morgan fingerprint density at radius 3 is 2.44 bits per heavy atom. The Morgan fingerprint density at radius 2 is 1.76 bits per heavy atom. The van der Waals surface area contributed by atoms with Gasteiger partial charge in [-0.05, 0) is 74.7 Å². The van der Waals surface area contributed by atoms with E-state index in [9.17, 15) is 14.4 Å². The lowest BCUT2D eigenvalue weighted by molar-refractivity contribution is -0.143.